The molecule has 0 N–H and O–H groups in total. The summed E-state index contributed by atoms with van der Waals surface area (Å²) < 4.78 is 5.13. The van der Waals surface area contributed by atoms with Gasteiger partial charge in [0.2, 0.25) is 5.89 Å². The molecule has 1 atom stereocenters. The van der Waals surface area contributed by atoms with Crippen molar-refractivity contribution < 1.29 is 4.52 Å². The molecule has 1 aliphatic heterocycles. The first-order valence-corrected chi connectivity index (χ1v) is 6.91. The lowest BCUT2D eigenvalue weighted by Crippen LogP contribution is -2.33. The lowest BCUT2D eigenvalue weighted by atomic mass is 10.0. The van der Waals surface area contributed by atoms with Crippen LogP contribution in [-0.4, -0.2) is 21.6 Å². The van der Waals surface area contributed by atoms with E-state index in [1.165, 1.54) is 18.4 Å². The zero-order valence-electron chi connectivity index (χ0n) is 11.2. The van der Waals surface area contributed by atoms with Gasteiger partial charge in [-0.25, -0.2) is 0 Å². The Morgan fingerprint density at radius 1 is 1.26 bits per heavy atom. The number of hydrogen-bond acceptors (Lipinski definition) is 4. The summed E-state index contributed by atoms with van der Waals surface area (Å²) >= 11 is 0. The van der Waals surface area contributed by atoms with Gasteiger partial charge < -0.3 is 4.52 Å². The Hall–Kier alpha value is -1.68. The summed E-state index contributed by atoms with van der Waals surface area (Å²) in [4.78, 5) is 6.87. The number of likely N-dealkylation sites (tertiary alicyclic amines) is 1. The predicted molar refractivity (Wildman–Crippen MR) is 72.5 cm³/mol. The summed E-state index contributed by atoms with van der Waals surface area (Å²) in [7, 11) is 0. The van der Waals surface area contributed by atoms with Crippen LogP contribution in [0.5, 0.6) is 0 Å². The third kappa shape index (κ3) is 2.84. The highest BCUT2D eigenvalue weighted by Crippen LogP contribution is 2.30. The molecule has 0 unspecified atom stereocenters. The van der Waals surface area contributed by atoms with Gasteiger partial charge in [-0.05, 0) is 24.9 Å². The van der Waals surface area contributed by atoms with Crippen molar-refractivity contribution in [2.24, 2.45) is 0 Å². The van der Waals surface area contributed by atoms with Crippen LogP contribution in [0.2, 0.25) is 0 Å². The Balaban J connectivity index is 1.77. The Morgan fingerprint density at radius 2 is 2.11 bits per heavy atom. The van der Waals surface area contributed by atoms with Crippen LogP contribution in [0.3, 0.4) is 0 Å². The molecule has 1 aliphatic rings. The zero-order valence-corrected chi connectivity index (χ0v) is 11.2. The molecule has 0 spiro atoms. The first-order chi connectivity index (χ1) is 9.33. The molecule has 0 bridgehead atoms. The molecular formula is C15H19N3O. The van der Waals surface area contributed by atoms with Gasteiger partial charge in [-0.2, -0.15) is 4.98 Å². The lowest BCUT2D eigenvalue weighted by molar-refractivity contribution is 0.131. The van der Waals surface area contributed by atoms with E-state index in [0.29, 0.717) is 11.9 Å². The molecule has 19 heavy (non-hydrogen) atoms. The van der Waals surface area contributed by atoms with Crippen LogP contribution in [0.4, 0.5) is 0 Å². The summed E-state index contributed by atoms with van der Waals surface area (Å²) in [5.41, 5.74) is 1.34. The molecule has 4 heteroatoms. The van der Waals surface area contributed by atoms with Gasteiger partial charge in [-0.15, -0.1) is 0 Å². The van der Waals surface area contributed by atoms with Crippen LogP contribution in [0.25, 0.3) is 0 Å². The van der Waals surface area contributed by atoms with Crippen molar-refractivity contribution in [2.75, 3.05) is 6.54 Å². The summed E-state index contributed by atoms with van der Waals surface area (Å²) in [6, 6.07) is 10.9. The number of piperidine rings is 1. The van der Waals surface area contributed by atoms with Crippen LogP contribution in [0, 0.1) is 6.92 Å². The molecule has 0 aliphatic carbocycles. The monoisotopic (exact) mass is 257 g/mol. The minimum Gasteiger partial charge on any atom is -0.340 e. The molecule has 0 saturated carbocycles. The molecule has 1 aromatic carbocycles. The highest BCUT2D eigenvalue weighted by atomic mass is 16.5. The third-order valence-electron chi connectivity index (χ3n) is 3.68. The highest BCUT2D eigenvalue weighted by Gasteiger charge is 2.27. The van der Waals surface area contributed by atoms with Gasteiger partial charge in [0, 0.05) is 13.5 Å². The van der Waals surface area contributed by atoms with E-state index in [9.17, 15) is 0 Å². The van der Waals surface area contributed by atoms with Gasteiger partial charge in [-0.1, -0.05) is 41.9 Å². The fraction of sp³-hybridized carbons (Fsp3) is 0.467. The fourth-order valence-corrected chi connectivity index (χ4v) is 2.74. The molecule has 2 heterocycles. The first-order valence-electron chi connectivity index (χ1n) is 6.91. The average Bonchev–Trinajstić information content (AvgIpc) is 2.87. The highest BCUT2D eigenvalue weighted by molar-refractivity contribution is 5.15. The molecule has 0 amide bonds. The van der Waals surface area contributed by atoms with E-state index in [-0.39, 0.29) is 0 Å². The van der Waals surface area contributed by atoms with Crippen LogP contribution >= 0.6 is 0 Å². The molecule has 1 aromatic heterocycles. The van der Waals surface area contributed by atoms with Gasteiger partial charge in [0.1, 0.15) is 0 Å². The van der Waals surface area contributed by atoms with E-state index in [2.05, 4.69) is 45.4 Å². The minimum atomic E-state index is 0.298. The lowest BCUT2D eigenvalue weighted by Gasteiger charge is -2.33. The second kappa shape index (κ2) is 5.53. The van der Waals surface area contributed by atoms with Crippen molar-refractivity contribution in [3.8, 4) is 0 Å². The molecule has 0 radical (unpaired) electrons. The largest absolute Gasteiger partial charge is 0.340 e. The van der Waals surface area contributed by atoms with E-state index in [0.717, 1.165) is 25.3 Å². The predicted octanol–water partition coefficient (Wildman–Crippen LogP) is 3.11. The summed E-state index contributed by atoms with van der Waals surface area (Å²) in [6.45, 7) is 3.91. The van der Waals surface area contributed by atoms with Crippen molar-refractivity contribution in [1.82, 2.24) is 15.0 Å². The Kier molecular flexibility index (Phi) is 3.60. The smallest absolute Gasteiger partial charge is 0.223 e. The SMILES string of the molecule is Cc1nc([C@@H]2CCCCN2Cc2ccccc2)no1. The standard InChI is InChI=1S/C15H19N3O/c1-12-16-15(17-19-12)14-9-5-6-10-18(14)11-13-7-3-2-4-8-13/h2-4,7-8,14H,5-6,9-11H2,1H3/t14-/m0/s1. The number of nitrogens with zero attached hydrogens (tertiary/aromatic N) is 3. The van der Waals surface area contributed by atoms with Crippen LogP contribution in [0.15, 0.2) is 34.9 Å². The molecule has 1 fully saturated rings. The Labute approximate surface area is 113 Å². The number of aromatic nitrogens is 2. The van der Waals surface area contributed by atoms with Gasteiger partial charge in [0.25, 0.3) is 0 Å². The maximum absolute atomic E-state index is 5.13. The van der Waals surface area contributed by atoms with E-state index in [1.54, 1.807) is 0 Å². The third-order valence-corrected chi connectivity index (χ3v) is 3.68. The van der Waals surface area contributed by atoms with E-state index < -0.39 is 0 Å². The maximum Gasteiger partial charge on any atom is 0.223 e. The first kappa shape index (κ1) is 12.4. The van der Waals surface area contributed by atoms with E-state index >= 15 is 0 Å². The van der Waals surface area contributed by atoms with Crippen molar-refractivity contribution in [3.05, 3.63) is 47.6 Å². The topological polar surface area (TPSA) is 42.2 Å². The van der Waals surface area contributed by atoms with Crippen molar-refractivity contribution in [1.29, 1.82) is 0 Å². The quantitative estimate of drug-likeness (QED) is 0.847. The van der Waals surface area contributed by atoms with Crippen molar-refractivity contribution in [3.63, 3.8) is 0 Å². The molecular weight excluding hydrogens is 238 g/mol. The van der Waals surface area contributed by atoms with Crippen LogP contribution < -0.4 is 0 Å². The number of hydrogen-bond donors (Lipinski definition) is 0. The second-order valence-electron chi connectivity index (χ2n) is 5.14. The molecule has 1 saturated heterocycles. The van der Waals surface area contributed by atoms with Gasteiger partial charge in [0.05, 0.1) is 6.04 Å². The van der Waals surface area contributed by atoms with Crippen molar-refractivity contribution in [2.45, 2.75) is 38.8 Å². The normalized spacial score (nSPS) is 20.6. The molecule has 4 nitrogen and oxygen atoms in total. The Morgan fingerprint density at radius 3 is 2.84 bits per heavy atom. The molecule has 3 rings (SSSR count). The fourth-order valence-electron chi connectivity index (χ4n) is 2.74. The van der Waals surface area contributed by atoms with Gasteiger partial charge in [0.15, 0.2) is 5.82 Å². The number of rotatable bonds is 3. The Bertz CT molecular complexity index is 523. The zero-order chi connectivity index (χ0) is 13.1. The number of benzene rings is 1. The van der Waals surface area contributed by atoms with E-state index in [4.69, 9.17) is 4.52 Å². The van der Waals surface area contributed by atoms with Gasteiger partial charge >= 0.3 is 0 Å². The minimum absolute atomic E-state index is 0.298. The molecule has 100 valence electrons. The average molecular weight is 257 g/mol. The van der Waals surface area contributed by atoms with Crippen molar-refractivity contribution >= 4 is 0 Å². The summed E-state index contributed by atoms with van der Waals surface area (Å²) in [5.74, 6) is 1.49. The summed E-state index contributed by atoms with van der Waals surface area (Å²) in [5, 5.41) is 4.10. The second-order valence-corrected chi connectivity index (χ2v) is 5.14. The van der Waals surface area contributed by atoms with Gasteiger partial charge in [-0.3, -0.25) is 4.90 Å². The summed E-state index contributed by atoms with van der Waals surface area (Å²) in [6.07, 6.45) is 3.61. The molecule has 2 aromatic rings. The maximum atomic E-state index is 5.13. The van der Waals surface area contributed by atoms with Crippen LogP contribution in [0.1, 0.15) is 42.6 Å². The number of aryl methyl sites for hydroxylation is 1. The van der Waals surface area contributed by atoms with E-state index in [1.807, 2.05) is 6.92 Å². The van der Waals surface area contributed by atoms with Crippen LogP contribution in [-0.2, 0) is 6.54 Å².